The summed E-state index contributed by atoms with van der Waals surface area (Å²) in [5.41, 5.74) is 8.99. The van der Waals surface area contributed by atoms with Crippen LogP contribution in [-0.2, 0) is 4.79 Å². The number of anilines is 1. The highest BCUT2D eigenvalue weighted by molar-refractivity contribution is 5.78. The molecule has 6 heteroatoms. The van der Waals surface area contributed by atoms with Gasteiger partial charge in [-0.05, 0) is 37.8 Å². The van der Waals surface area contributed by atoms with Crippen LogP contribution in [0.15, 0.2) is 36.5 Å². The number of carbonyl (C=O) groups is 1. The third-order valence-electron chi connectivity index (χ3n) is 5.65. The summed E-state index contributed by atoms with van der Waals surface area (Å²) in [5, 5.41) is 0. The number of carbonyl (C=O) groups excluding carboxylic acids is 1. The van der Waals surface area contributed by atoms with Crippen LogP contribution in [0.2, 0.25) is 0 Å². The van der Waals surface area contributed by atoms with Gasteiger partial charge in [0.1, 0.15) is 0 Å². The van der Waals surface area contributed by atoms with Gasteiger partial charge in [-0.25, -0.2) is 9.97 Å². The van der Waals surface area contributed by atoms with E-state index in [1.807, 2.05) is 29.3 Å². The van der Waals surface area contributed by atoms with Crippen molar-refractivity contribution in [1.82, 2.24) is 19.8 Å². The number of hydrogen-bond acceptors (Lipinski definition) is 5. The standard InChI is InChI=1S/C21H27N5O/c22-21-23-14-17(16-8-2-1-3-9-16)20(24-21)18-10-4-5-13-26(18)15-19(27)25-11-6-7-12-25/h1-3,8-9,14,18H,4-7,10-13,15H2,(H2,22,23,24). The molecule has 4 rings (SSSR count). The van der Waals surface area contributed by atoms with E-state index < -0.39 is 0 Å². The number of amides is 1. The summed E-state index contributed by atoms with van der Waals surface area (Å²) in [4.78, 5) is 25.9. The minimum Gasteiger partial charge on any atom is -0.368 e. The first kappa shape index (κ1) is 17.9. The molecule has 3 heterocycles. The quantitative estimate of drug-likeness (QED) is 0.902. The molecule has 1 amide bonds. The zero-order valence-corrected chi connectivity index (χ0v) is 15.7. The van der Waals surface area contributed by atoms with Crippen molar-refractivity contribution < 1.29 is 4.79 Å². The third-order valence-corrected chi connectivity index (χ3v) is 5.65. The van der Waals surface area contributed by atoms with Gasteiger partial charge < -0.3 is 10.6 Å². The molecule has 2 aliphatic heterocycles. The highest BCUT2D eigenvalue weighted by Crippen LogP contribution is 2.35. The molecule has 27 heavy (non-hydrogen) atoms. The maximum Gasteiger partial charge on any atom is 0.236 e. The lowest BCUT2D eigenvalue weighted by atomic mass is 9.94. The summed E-state index contributed by atoms with van der Waals surface area (Å²) in [5.74, 6) is 0.531. The van der Waals surface area contributed by atoms with Crippen LogP contribution in [0.3, 0.4) is 0 Å². The summed E-state index contributed by atoms with van der Waals surface area (Å²) < 4.78 is 0. The molecule has 1 unspecified atom stereocenters. The normalized spacial score (nSPS) is 20.7. The third kappa shape index (κ3) is 3.95. The molecule has 1 aromatic heterocycles. The summed E-state index contributed by atoms with van der Waals surface area (Å²) in [7, 11) is 0. The SMILES string of the molecule is Nc1ncc(-c2ccccc2)c(C2CCCCN2CC(=O)N2CCCC2)n1. The Balaban J connectivity index is 1.63. The Bertz CT molecular complexity index is 788. The topological polar surface area (TPSA) is 75.3 Å². The van der Waals surface area contributed by atoms with E-state index in [9.17, 15) is 4.79 Å². The molecular formula is C21H27N5O. The number of nitrogens with zero attached hydrogens (tertiary/aromatic N) is 4. The molecule has 1 aromatic carbocycles. The van der Waals surface area contributed by atoms with Crippen LogP contribution in [0.5, 0.6) is 0 Å². The summed E-state index contributed by atoms with van der Waals surface area (Å²) in [6.45, 7) is 3.17. The molecule has 2 aromatic rings. The number of aromatic nitrogens is 2. The van der Waals surface area contributed by atoms with Gasteiger partial charge in [-0.2, -0.15) is 0 Å². The number of rotatable bonds is 4. The zero-order chi connectivity index (χ0) is 18.6. The highest BCUT2D eigenvalue weighted by atomic mass is 16.2. The summed E-state index contributed by atoms with van der Waals surface area (Å²) in [6, 6.07) is 10.3. The molecule has 1 atom stereocenters. The van der Waals surface area contributed by atoms with Crippen molar-refractivity contribution in [2.24, 2.45) is 0 Å². The average Bonchev–Trinajstić information content (AvgIpc) is 3.24. The lowest BCUT2D eigenvalue weighted by Gasteiger charge is -2.36. The minimum atomic E-state index is 0.103. The first-order valence-electron chi connectivity index (χ1n) is 9.92. The fraction of sp³-hybridized carbons (Fsp3) is 0.476. The number of piperidine rings is 1. The van der Waals surface area contributed by atoms with Gasteiger partial charge in [-0.1, -0.05) is 36.8 Å². The van der Waals surface area contributed by atoms with E-state index in [-0.39, 0.29) is 11.9 Å². The Kier molecular flexibility index (Phi) is 5.34. The Labute approximate surface area is 160 Å². The van der Waals surface area contributed by atoms with Crippen molar-refractivity contribution in [1.29, 1.82) is 0 Å². The van der Waals surface area contributed by atoms with E-state index in [1.165, 1.54) is 0 Å². The molecule has 2 fully saturated rings. The lowest BCUT2D eigenvalue weighted by Crippen LogP contribution is -2.43. The maximum atomic E-state index is 12.7. The Morgan fingerprint density at radius 2 is 1.81 bits per heavy atom. The molecule has 2 N–H and O–H groups in total. The molecule has 6 nitrogen and oxygen atoms in total. The Morgan fingerprint density at radius 1 is 1.07 bits per heavy atom. The van der Waals surface area contributed by atoms with E-state index >= 15 is 0 Å². The van der Waals surface area contributed by atoms with Gasteiger partial charge in [0.15, 0.2) is 0 Å². The molecule has 0 saturated carbocycles. The van der Waals surface area contributed by atoms with Crippen LogP contribution in [0.4, 0.5) is 5.95 Å². The van der Waals surface area contributed by atoms with Crippen molar-refractivity contribution in [3.8, 4) is 11.1 Å². The van der Waals surface area contributed by atoms with Gasteiger partial charge in [-0.3, -0.25) is 9.69 Å². The van der Waals surface area contributed by atoms with Gasteiger partial charge in [-0.15, -0.1) is 0 Å². The Hall–Kier alpha value is -2.47. The summed E-state index contributed by atoms with van der Waals surface area (Å²) >= 11 is 0. The first-order chi connectivity index (χ1) is 13.2. The molecule has 142 valence electrons. The van der Waals surface area contributed by atoms with Crippen LogP contribution in [0.25, 0.3) is 11.1 Å². The highest BCUT2D eigenvalue weighted by Gasteiger charge is 2.31. The fourth-order valence-electron chi connectivity index (χ4n) is 4.23. The number of nitrogens with two attached hydrogens (primary N) is 1. The van der Waals surface area contributed by atoms with Crippen LogP contribution < -0.4 is 5.73 Å². The van der Waals surface area contributed by atoms with Gasteiger partial charge in [0.25, 0.3) is 0 Å². The van der Waals surface area contributed by atoms with E-state index in [4.69, 9.17) is 5.73 Å². The largest absolute Gasteiger partial charge is 0.368 e. The van der Waals surface area contributed by atoms with Crippen LogP contribution in [-0.4, -0.2) is 51.9 Å². The van der Waals surface area contributed by atoms with Crippen molar-refractivity contribution in [2.75, 3.05) is 31.9 Å². The molecule has 2 aliphatic rings. The van der Waals surface area contributed by atoms with Crippen molar-refractivity contribution in [3.63, 3.8) is 0 Å². The first-order valence-corrected chi connectivity index (χ1v) is 9.92. The van der Waals surface area contributed by atoms with E-state index in [2.05, 4.69) is 27.0 Å². The average molecular weight is 365 g/mol. The minimum absolute atomic E-state index is 0.103. The molecule has 0 bridgehead atoms. The molecule has 0 radical (unpaired) electrons. The fourth-order valence-corrected chi connectivity index (χ4v) is 4.23. The van der Waals surface area contributed by atoms with Crippen molar-refractivity contribution in [3.05, 3.63) is 42.2 Å². The molecule has 2 saturated heterocycles. The van der Waals surface area contributed by atoms with Crippen molar-refractivity contribution >= 4 is 11.9 Å². The molecular weight excluding hydrogens is 338 g/mol. The number of likely N-dealkylation sites (tertiary alicyclic amines) is 2. The van der Waals surface area contributed by atoms with Crippen molar-refractivity contribution in [2.45, 2.75) is 38.1 Å². The smallest absolute Gasteiger partial charge is 0.236 e. The van der Waals surface area contributed by atoms with Crippen LogP contribution in [0, 0.1) is 0 Å². The van der Waals surface area contributed by atoms with Crippen LogP contribution in [0.1, 0.15) is 43.8 Å². The van der Waals surface area contributed by atoms with Gasteiger partial charge >= 0.3 is 0 Å². The Morgan fingerprint density at radius 3 is 2.59 bits per heavy atom. The second-order valence-electron chi connectivity index (χ2n) is 7.46. The van der Waals surface area contributed by atoms with E-state index in [0.29, 0.717) is 12.5 Å². The molecule has 0 aliphatic carbocycles. The van der Waals surface area contributed by atoms with E-state index in [0.717, 1.165) is 68.6 Å². The molecule has 0 spiro atoms. The predicted octanol–water partition coefficient (Wildman–Crippen LogP) is 2.88. The van der Waals surface area contributed by atoms with E-state index in [1.54, 1.807) is 0 Å². The van der Waals surface area contributed by atoms with Gasteiger partial charge in [0, 0.05) is 24.8 Å². The van der Waals surface area contributed by atoms with Gasteiger partial charge in [0.05, 0.1) is 18.3 Å². The predicted molar refractivity (Wildman–Crippen MR) is 106 cm³/mol. The lowest BCUT2D eigenvalue weighted by molar-refractivity contribution is -0.132. The monoisotopic (exact) mass is 365 g/mol. The second kappa shape index (κ2) is 8.05. The summed E-state index contributed by atoms with van der Waals surface area (Å²) in [6.07, 6.45) is 7.30. The maximum absolute atomic E-state index is 12.7. The number of nitrogen functional groups attached to an aromatic ring is 1. The second-order valence-corrected chi connectivity index (χ2v) is 7.46. The zero-order valence-electron chi connectivity index (χ0n) is 15.7. The van der Waals surface area contributed by atoms with Gasteiger partial charge in [0.2, 0.25) is 11.9 Å². The number of hydrogen-bond donors (Lipinski definition) is 1. The number of benzene rings is 1. The van der Waals surface area contributed by atoms with Crippen LogP contribution >= 0.6 is 0 Å².